The van der Waals surface area contributed by atoms with Crippen LogP contribution in [0.4, 0.5) is 5.69 Å². The van der Waals surface area contributed by atoms with Crippen LogP contribution in [0.2, 0.25) is 0 Å². The summed E-state index contributed by atoms with van der Waals surface area (Å²) < 4.78 is 0. The molecule has 1 heterocycles. The summed E-state index contributed by atoms with van der Waals surface area (Å²) in [7, 11) is 0. The van der Waals surface area contributed by atoms with E-state index >= 15 is 0 Å². The molecule has 1 aromatic carbocycles. The zero-order valence-corrected chi connectivity index (χ0v) is 8.62. The van der Waals surface area contributed by atoms with Crippen LogP contribution in [0.25, 0.3) is 0 Å². The molecule has 1 aromatic rings. The predicted molar refractivity (Wildman–Crippen MR) is 60.2 cm³/mol. The van der Waals surface area contributed by atoms with Gasteiger partial charge in [-0.15, -0.1) is 11.8 Å². The van der Waals surface area contributed by atoms with Gasteiger partial charge >= 0.3 is 0 Å². The van der Waals surface area contributed by atoms with Gasteiger partial charge in [0.1, 0.15) is 5.49 Å². The van der Waals surface area contributed by atoms with E-state index in [0.29, 0.717) is 0 Å². The fraction of sp³-hybridized carbons (Fsp3) is 0.222. The van der Waals surface area contributed by atoms with Crippen LogP contribution in [0, 0.1) is 0 Å². The van der Waals surface area contributed by atoms with Gasteiger partial charge in [0.15, 0.2) is 0 Å². The number of hydrogen-bond donors (Lipinski definition) is 1. The first-order chi connectivity index (χ1) is 6.42. The summed E-state index contributed by atoms with van der Waals surface area (Å²) in [6, 6.07) is 8.38. The zero-order chi connectivity index (χ0) is 9.10. The zero-order valence-electron chi connectivity index (χ0n) is 6.99. The summed E-state index contributed by atoms with van der Waals surface area (Å²) in [5.41, 5.74) is 3.79. The quantitative estimate of drug-likeness (QED) is 0.604. The van der Waals surface area contributed by atoms with E-state index in [1.165, 1.54) is 10.6 Å². The van der Waals surface area contributed by atoms with Gasteiger partial charge in [-0.25, -0.2) is 0 Å². The number of nitrogens with one attached hydrogen (secondary N) is 1. The number of nitrogens with zero attached hydrogens (tertiary/aromatic N) is 1. The standard InChI is InChI=1S/C9H9N2S2/c12-6-10-5-11-7-13-9-4-2-1-3-8(9)11/h1-4H,5,7H2,(H,10,12). The molecule has 0 atom stereocenters. The lowest BCUT2D eigenvalue weighted by Crippen LogP contribution is -2.30. The first-order valence-electron chi connectivity index (χ1n) is 3.98. The second-order valence-electron chi connectivity index (χ2n) is 2.72. The van der Waals surface area contributed by atoms with Crippen molar-refractivity contribution in [2.45, 2.75) is 4.90 Å². The Hall–Kier alpha value is -0.740. The molecule has 4 heteroatoms. The number of benzene rings is 1. The lowest BCUT2D eigenvalue weighted by molar-refractivity contribution is 0.849. The van der Waals surface area contributed by atoms with Crippen LogP contribution in [0.15, 0.2) is 29.2 Å². The molecule has 0 saturated carbocycles. The van der Waals surface area contributed by atoms with Crippen molar-refractivity contribution < 1.29 is 0 Å². The van der Waals surface area contributed by atoms with Gasteiger partial charge in [-0.05, 0) is 12.1 Å². The van der Waals surface area contributed by atoms with Crippen LogP contribution in [0.3, 0.4) is 0 Å². The van der Waals surface area contributed by atoms with E-state index in [0.717, 1.165) is 12.5 Å². The lowest BCUT2D eigenvalue weighted by Gasteiger charge is -2.17. The summed E-state index contributed by atoms with van der Waals surface area (Å²) in [6.45, 7) is 0.744. The number of fused-ring (bicyclic) bond motifs is 1. The molecule has 0 spiro atoms. The van der Waals surface area contributed by atoms with Gasteiger partial charge in [0.05, 0.1) is 18.2 Å². The third kappa shape index (κ3) is 1.78. The summed E-state index contributed by atoms with van der Waals surface area (Å²) in [5.74, 6) is 0.989. The number of anilines is 1. The average molecular weight is 209 g/mol. The van der Waals surface area contributed by atoms with Gasteiger partial charge in [-0.1, -0.05) is 24.4 Å². The molecule has 0 bridgehead atoms. The molecular weight excluding hydrogens is 200 g/mol. The third-order valence-electron chi connectivity index (χ3n) is 1.92. The van der Waals surface area contributed by atoms with Gasteiger partial charge in [0.2, 0.25) is 0 Å². The van der Waals surface area contributed by atoms with Gasteiger partial charge in [-0.2, -0.15) is 0 Å². The molecule has 0 saturated heterocycles. The Balaban J connectivity index is 2.13. The van der Waals surface area contributed by atoms with Crippen LogP contribution >= 0.6 is 24.0 Å². The van der Waals surface area contributed by atoms with Gasteiger partial charge < -0.3 is 10.2 Å². The highest BCUT2D eigenvalue weighted by Crippen LogP contribution is 2.37. The summed E-state index contributed by atoms with van der Waals surface area (Å²) in [6.07, 6.45) is 0. The highest BCUT2D eigenvalue weighted by atomic mass is 32.2. The first kappa shape index (κ1) is 8.84. The van der Waals surface area contributed by atoms with Crippen molar-refractivity contribution in [3.63, 3.8) is 0 Å². The van der Waals surface area contributed by atoms with E-state index in [1.54, 1.807) is 0 Å². The first-order valence-corrected chi connectivity index (χ1v) is 5.38. The summed E-state index contributed by atoms with van der Waals surface area (Å²) >= 11 is 6.44. The molecule has 1 aliphatic rings. The molecule has 67 valence electrons. The molecule has 0 fully saturated rings. The number of thiocarbonyl (C=S) groups is 1. The number of thioether (sulfide) groups is 1. The molecular formula is C9H9N2S2. The number of hydrogen-bond acceptors (Lipinski definition) is 3. The molecule has 2 rings (SSSR count). The molecule has 1 aliphatic heterocycles. The minimum atomic E-state index is 0.744. The molecule has 0 aromatic heterocycles. The maximum absolute atomic E-state index is 4.59. The average Bonchev–Trinajstić information content (AvgIpc) is 2.58. The largest absolute Gasteiger partial charge is 0.356 e. The minimum absolute atomic E-state index is 0.744. The Bertz CT molecular complexity index is 314. The van der Waals surface area contributed by atoms with Crippen molar-refractivity contribution in [3.05, 3.63) is 24.3 Å². The van der Waals surface area contributed by atoms with E-state index in [-0.39, 0.29) is 0 Å². The van der Waals surface area contributed by atoms with Crippen molar-refractivity contribution in [3.8, 4) is 0 Å². The van der Waals surface area contributed by atoms with Gasteiger partial charge in [0, 0.05) is 4.90 Å². The van der Waals surface area contributed by atoms with E-state index in [2.05, 4.69) is 52.2 Å². The highest BCUT2D eigenvalue weighted by Gasteiger charge is 2.17. The molecule has 13 heavy (non-hydrogen) atoms. The third-order valence-corrected chi connectivity index (χ3v) is 3.17. The van der Waals surface area contributed by atoms with Crippen LogP contribution in [-0.4, -0.2) is 18.0 Å². The van der Waals surface area contributed by atoms with Crippen LogP contribution < -0.4 is 10.2 Å². The SMILES string of the molecule is S=[C]NCN1CSc2ccccc21. The Labute approximate surface area is 87.3 Å². The lowest BCUT2D eigenvalue weighted by atomic mass is 10.3. The van der Waals surface area contributed by atoms with E-state index in [1.807, 2.05) is 11.8 Å². The Morgan fingerprint density at radius 1 is 1.54 bits per heavy atom. The van der Waals surface area contributed by atoms with Gasteiger partial charge in [0.25, 0.3) is 0 Å². The van der Waals surface area contributed by atoms with Crippen molar-refractivity contribution in [2.75, 3.05) is 17.4 Å². The van der Waals surface area contributed by atoms with Crippen molar-refractivity contribution in [1.82, 2.24) is 5.32 Å². The molecule has 2 nitrogen and oxygen atoms in total. The second-order valence-corrected chi connectivity index (χ2v) is 3.91. The van der Waals surface area contributed by atoms with Crippen LogP contribution in [-0.2, 0) is 0 Å². The second kappa shape index (κ2) is 3.98. The fourth-order valence-corrected chi connectivity index (χ4v) is 2.43. The van der Waals surface area contributed by atoms with Crippen molar-refractivity contribution in [2.24, 2.45) is 0 Å². The Morgan fingerprint density at radius 3 is 3.23 bits per heavy atom. The van der Waals surface area contributed by atoms with Crippen molar-refractivity contribution >= 4 is 35.2 Å². The monoisotopic (exact) mass is 209 g/mol. The maximum atomic E-state index is 4.59. The molecule has 0 amide bonds. The van der Waals surface area contributed by atoms with E-state index < -0.39 is 0 Å². The minimum Gasteiger partial charge on any atom is -0.356 e. The highest BCUT2D eigenvalue weighted by molar-refractivity contribution is 7.99. The topological polar surface area (TPSA) is 15.3 Å². The fourth-order valence-electron chi connectivity index (χ4n) is 1.32. The van der Waals surface area contributed by atoms with Crippen LogP contribution in [0.1, 0.15) is 0 Å². The van der Waals surface area contributed by atoms with E-state index in [9.17, 15) is 0 Å². The maximum Gasteiger partial charge on any atom is 0.135 e. The van der Waals surface area contributed by atoms with E-state index in [4.69, 9.17) is 0 Å². The number of rotatable bonds is 3. The molecule has 1 N–H and O–H groups in total. The molecule has 0 aliphatic carbocycles. The normalized spacial score (nSPS) is 14.0. The van der Waals surface area contributed by atoms with Crippen LogP contribution in [0.5, 0.6) is 0 Å². The summed E-state index contributed by atoms with van der Waals surface area (Å²) in [5, 5.41) is 2.91. The number of para-hydroxylation sites is 1. The Kier molecular flexibility index (Phi) is 2.71. The van der Waals surface area contributed by atoms with Gasteiger partial charge in [-0.3, -0.25) is 0 Å². The van der Waals surface area contributed by atoms with Crippen molar-refractivity contribution in [1.29, 1.82) is 0 Å². The molecule has 0 unspecified atom stereocenters. The Morgan fingerprint density at radius 2 is 2.38 bits per heavy atom. The molecule has 1 radical (unpaired) electrons. The summed E-state index contributed by atoms with van der Waals surface area (Å²) in [4.78, 5) is 3.58. The smallest absolute Gasteiger partial charge is 0.135 e. The predicted octanol–water partition coefficient (Wildman–Crippen LogP) is 1.94.